The lowest BCUT2D eigenvalue weighted by Crippen LogP contribution is -2.41. The molecule has 9 heteroatoms. The van der Waals surface area contributed by atoms with Crippen LogP contribution in [0.2, 0.25) is 0 Å². The SMILES string of the molecule is Cc1ccc([C@@H]2CCCN2S(=O)(=O)NCCn2cncn2)o1. The molecule has 0 saturated carbocycles. The molecular formula is C13H19N5O3S. The minimum atomic E-state index is -3.54. The highest BCUT2D eigenvalue weighted by Crippen LogP contribution is 2.34. The molecule has 1 aliphatic heterocycles. The Morgan fingerprint density at radius 1 is 1.45 bits per heavy atom. The van der Waals surface area contributed by atoms with Gasteiger partial charge in [-0.05, 0) is 31.9 Å². The third-order valence-corrected chi connectivity index (χ3v) is 5.32. The largest absolute Gasteiger partial charge is 0.465 e. The maximum atomic E-state index is 12.5. The Bertz CT molecular complexity index is 710. The van der Waals surface area contributed by atoms with Crippen LogP contribution >= 0.6 is 0 Å². The van der Waals surface area contributed by atoms with Crippen LogP contribution in [0.25, 0.3) is 0 Å². The molecule has 1 fully saturated rings. The summed E-state index contributed by atoms with van der Waals surface area (Å²) in [5, 5.41) is 3.94. The zero-order valence-corrected chi connectivity index (χ0v) is 13.2. The highest BCUT2D eigenvalue weighted by atomic mass is 32.2. The third-order valence-electron chi connectivity index (χ3n) is 3.69. The van der Waals surface area contributed by atoms with Crippen molar-refractivity contribution in [3.05, 3.63) is 36.3 Å². The maximum absolute atomic E-state index is 12.5. The molecule has 0 unspecified atom stereocenters. The number of hydrogen-bond donors (Lipinski definition) is 1. The van der Waals surface area contributed by atoms with Crippen LogP contribution in [0.4, 0.5) is 0 Å². The topological polar surface area (TPSA) is 93.3 Å². The van der Waals surface area contributed by atoms with Crippen LogP contribution in [0, 0.1) is 6.92 Å². The zero-order chi connectivity index (χ0) is 15.6. The van der Waals surface area contributed by atoms with Gasteiger partial charge in [0.1, 0.15) is 24.2 Å². The van der Waals surface area contributed by atoms with Crippen LogP contribution in [0.3, 0.4) is 0 Å². The molecule has 3 heterocycles. The van der Waals surface area contributed by atoms with E-state index in [1.165, 1.54) is 10.6 Å². The van der Waals surface area contributed by atoms with Crippen molar-refractivity contribution >= 4 is 10.2 Å². The number of rotatable bonds is 6. The number of furan rings is 1. The fourth-order valence-electron chi connectivity index (χ4n) is 2.66. The van der Waals surface area contributed by atoms with Crippen molar-refractivity contribution in [3.8, 4) is 0 Å². The van der Waals surface area contributed by atoms with Crippen molar-refractivity contribution in [1.29, 1.82) is 0 Å². The molecule has 0 amide bonds. The number of aromatic nitrogens is 3. The third kappa shape index (κ3) is 3.21. The average Bonchev–Trinajstić information content (AvgIpc) is 3.18. The summed E-state index contributed by atoms with van der Waals surface area (Å²) in [6, 6.07) is 3.48. The van der Waals surface area contributed by atoms with Crippen LogP contribution < -0.4 is 4.72 Å². The molecule has 1 saturated heterocycles. The summed E-state index contributed by atoms with van der Waals surface area (Å²) in [5.41, 5.74) is 0. The molecule has 0 radical (unpaired) electrons. The first-order chi connectivity index (χ1) is 10.6. The molecule has 3 rings (SSSR count). The zero-order valence-electron chi connectivity index (χ0n) is 12.3. The van der Waals surface area contributed by atoms with E-state index in [4.69, 9.17) is 4.42 Å². The average molecular weight is 325 g/mol. The summed E-state index contributed by atoms with van der Waals surface area (Å²) in [5.74, 6) is 1.50. The van der Waals surface area contributed by atoms with Gasteiger partial charge in [0, 0.05) is 13.1 Å². The first-order valence-electron chi connectivity index (χ1n) is 7.21. The summed E-state index contributed by atoms with van der Waals surface area (Å²) < 4.78 is 36.2. The number of nitrogens with one attached hydrogen (secondary N) is 1. The summed E-state index contributed by atoms with van der Waals surface area (Å²) in [6.45, 7) is 3.07. The molecule has 0 bridgehead atoms. The van der Waals surface area contributed by atoms with Crippen molar-refractivity contribution < 1.29 is 12.8 Å². The highest BCUT2D eigenvalue weighted by molar-refractivity contribution is 7.87. The number of nitrogens with zero attached hydrogens (tertiary/aromatic N) is 4. The number of aryl methyl sites for hydroxylation is 1. The molecule has 0 aromatic carbocycles. The standard InChI is InChI=1S/C13H19N5O3S/c1-11-4-5-13(21-11)12-3-2-7-18(12)22(19,20)16-6-8-17-10-14-9-15-17/h4-5,9-10,12,16H,2-3,6-8H2,1H3/t12-/m0/s1. The molecule has 22 heavy (non-hydrogen) atoms. The van der Waals surface area contributed by atoms with E-state index < -0.39 is 10.2 Å². The lowest BCUT2D eigenvalue weighted by molar-refractivity contribution is 0.330. The molecule has 120 valence electrons. The minimum Gasteiger partial charge on any atom is -0.465 e. The van der Waals surface area contributed by atoms with Gasteiger partial charge < -0.3 is 4.42 Å². The maximum Gasteiger partial charge on any atom is 0.280 e. The second-order valence-corrected chi connectivity index (χ2v) is 6.98. The second kappa shape index (κ2) is 6.19. The monoisotopic (exact) mass is 325 g/mol. The Hall–Kier alpha value is -1.71. The van der Waals surface area contributed by atoms with E-state index in [9.17, 15) is 8.42 Å². The van der Waals surface area contributed by atoms with Gasteiger partial charge in [0.15, 0.2) is 0 Å². The Morgan fingerprint density at radius 2 is 2.32 bits per heavy atom. The van der Waals surface area contributed by atoms with Gasteiger partial charge in [-0.25, -0.2) is 9.71 Å². The predicted molar refractivity (Wildman–Crippen MR) is 79.1 cm³/mol. The van der Waals surface area contributed by atoms with Crippen LogP contribution in [0.5, 0.6) is 0 Å². The van der Waals surface area contributed by atoms with Gasteiger partial charge >= 0.3 is 0 Å². The lowest BCUT2D eigenvalue weighted by atomic mass is 10.2. The normalized spacial score (nSPS) is 19.8. The van der Waals surface area contributed by atoms with Crippen molar-refractivity contribution in [3.63, 3.8) is 0 Å². The smallest absolute Gasteiger partial charge is 0.280 e. The number of hydrogen-bond acceptors (Lipinski definition) is 5. The fourth-order valence-corrected chi connectivity index (χ4v) is 4.09. The Labute approximate surface area is 129 Å². The Morgan fingerprint density at radius 3 is 3.00 bits per heavy atom. The second-order valence-electron chi connectivity index (χ2n) is 5.28. The van der Waals surface area contributed by atoms with Crippen LogP contribution in [0.15, 0.2) is 29.2 Å². The van der Waals surface area contributed by atoms with E-state index in [2.05, 4.69) is 14.8 Å². The fraction of sp³-hybridized carbons (Fsp3) is 0.538. The van der Waals surface area contributed by atoms with Crippen molar-refractivity contribution in [2.24, 2.45) is 0 Å². The molecule has 8 nitrogen and oxygen atoms in total. The first-order valence-corrected chi connectivity index (χ1v) is 8.65. The lowest BCUT2D eigenvalue weighted by Gasteiger charge is -2.22. The molecule has 0 spiro atoms. The van der Waals surface area contributed by atoms with E-state index in [1.54, 1.807) is 11.0 Å². The minimum absolute atomic E-state index is 0.224. The van der Waals surface area contributed by atoms with Crippen LogP contribution in [-0.2, 0) is 16.8 Å². The summed E-state index contributed by atoms with van der Waals surface area (Å²) in [7, 11) is -3.54. The molecule has 0 aliphatic carbocycles. The highest BCUT2D eigenvalue weighted by Gasteiger charge is 2.36. The van der Waals surface area contributed by atoms with Gasteiger partial charge in [-0.3, -0.25) is 4.68 Å². The summed E-state index contributed by atoms with van der Waals surface area (Å²) in [6.07, 6.45) is 4.58. The van der Waals surface area contributed by atoms with Crippen LogP contribution in [-0.4, -0.2) is 40.6 Å². The van der Waals surface area contributed by atoms with Gasteiger partial charge in [0.25, 0.3) is 10.2 Å². The van der Waals surface area contributed by atoms with E-state index in [0.29, 0.717) is 18.8 Å². The quantitative estimate of drug-likeness (QED) is 0.850. The van der Waals surface area contributed by atoms with Gasteiger partial charge in [0.2, 0.25) is 0 Å². The van der Waals surface area contributed by atoms with E-state index in [-0.39, 0.29) is 12.6 Å². The van der Waals surface area contributed by atoms with Gasteiger partial charge in [-0.15, -0.1) is 0 Å². The van der Waals surface area contributed by atoms with Crippen molar-refractivity contribution in [2.75, 3.05) is 13.1 Å². The van der Waals surface area contributed by atoms with Crippen molar-refractivity contribution in [1.82, 2.24) is 23.8 Å². The summed E-state index contributed by atoms with van der Waals surface area (Å²) in [4.78, 5) is 3.82. The van der Waals surface area contributed by atoms with Gasteiger partial charge in [0.05, 0.1) is 12.6 Å². The van der Waals surface area contributed by atoms with E-state index in [0.717, 1.165) is 18.6 Å². The van der Waals surface area contributed by atoms with Crippen LogP contribution in [0.1, 0.15) is 30.4 Å². The first kappa shape index (κ1) is 15.2. The van der Waals surface area contributed by atoms with Crippen molar-refractivity contribution in [2.45, 2.75) is 32.4 Å². The van der Waals surface area contributed by atoms with Gasteiger partial charge in [-0.2, -0.15) is 17.8 Å². The molecule has 2 aromatic rings. The molecule has 1 aliphatic rings. The predicted octanol–water partition coefficient (Wildman–Crippen LogP) is 0.851. The van der Waals surface area contributed by atoms with Gasteiger partial charge in [-0.1, -0.05) is 0 Å². The van der Waals surface area contributed by atoms with E-state index in [1.807, 2.05) is 19.1 Å². The molecule has 1 N–H and O–H groups in total. The Balaban J connectivity index is 1.65. The van der Waals surface area contributed by atoms with E-state index >= 15 is 0 Å². The molecule has 2 aromatic heterocycles. The Kier molecular flexibility index (Phi) is 4.27. The molecule has 1 atom stereocenters. The summed E-state index contributed by atoms with van der Waals surface area (Å²) >= 11 is 0. The molecular weight excluding hydrogens is 306 g/mol.